The first kappa shape index (κ1) is 12.1. The zero-order valence-electron chi connectivity index (χ0n) is 7.05. The van der Waals surface area contributed by atoms with Crippen LogP contribution in [0, 0.1) is 0 Å². The summed E-state index contributed by atoms with van der Waals surface area (Å²) in [5, 5.41) is 0. The quantitative estimate of drug-likeness (QED) is 0.614. The molecule has 0 radical (unpaired) electrons. The van der Waals surface area contributed by atoms with Gasteiger partial charge in [0.15, 0.2) is 0 Å². The Balaban J connectivity index is 2.98. The summed E-state index contributed by atoms with van der Waals surface area (Å²) in [6.45, 7) is 0. The van der Waals surface area contributed by atoms with E-state index in [0.717, 1.165) is 12.1 Å². The highest BCUT2D eigenvalue weighted by Crippen LogP contribution is 2.31. The zero-order chi connectivity index (χ0) is 11.6. The Labute approximate surface area is 87.3 Å². The predicted octanol–water partition coefficient (Wildman–Crippen LogP) is 3.81. The molecule has 0 N–H and O–H groups in total. The minimum Gasteiger partial charge on any atom is -0.406 e. The first-order valence-electron chi connectivity index (χ1n) is 3.66. The van der Waals surface area contributed by atoms with Crippen molar-refractivity contribution in [3.8, 4) is 5.75 Å². The highest BCUT2D eigenvalue weighted by molar-refractivity contribution is 7.80. The summed E-state index contributed by atoms with van der Waals surface area (Å²) in [6, 6.07) is 2.55. The molecule has 0 aliphatic heterocycles. The van der Waals surface area contributed by atoms with Crippen molar-refractivity contribution in [1.29, 1.82) is 0 Å². The van der Waals surface area contributed by atoms with E-state index in [1.807, 2.05) is 0 Å². The molecule has 0 saturated carbocycles. The van der Waals surface area contributed by atoms with Crippen LogP contribution in [-0.2, 0) is 0 Å². The Morgan fingerprint density at radius 1 is 1.20 bits per heavy atom. The molecular weight excluding hydrogens is 239 g/mol. The molecule has 1 nitrogen and oxygen atoms in total. The molecule has 1 aromatic carbocycles. The summed E-state index contributed by atoms with van der Waals surface area (Å²) >= 11 is 3.68. The second-order valence-corrected chi connectivity index (χ2v) is 3.05. The number of halogens is 5. The topological polar surface area (TPSA) is 9.23 Å². The Bertz CT molecular complexity index is 349. The van der Waals surface area contributed by atoms with Crippen molar-refractivity contribution in [3.63, 3.8) is 0 Å². The van der Waals surface area contributed by atoms with Crippen molar-refractivity contribution in [2.45, 2.75) is 17.7 Å². The number of hydrogen-bond donors (Lipinski definition) is 1. The van der Waals surface area contributed by atoms with Crippen molar-refractivity contribution in [2.75, 3.05) is 0 Å². The van der Waals surface area contributed by atoms with E-state index in [4.69, 9.17) is 0 Å². The number of alkyl halides is 5. The monoisotopic (exact) mass is 244 g/mol. The van der Waals surface area contributed by atoms with E-state index in [1.165, 1.54) is 0 Å². The first-order valence-corrected chi connectivity index (χ1v) is 4.11. The van der Waals surface area contributed by atoms with E-state index < -0.39 is 24.1 Å². The van der Waals surface area contributed by atoms with Gasteiger partial charge in [-0.2, -0.15) is 0 Å². The van der Waals surface area contributed by atoms with Crippen LogP contribution >= 0.6 is 12.6 Å². The lowest BCUT2D eigenvalue weighted by Gasteiger charge is -2.11. The van der Waals surface area contributed by atoms with E-state index in [9.17, 15) is 22.0 Å². The molecule has 0 amide bonds. The van der Waals surface area contributed by atoms with Gasteiger partial charge in [-0.15, -0.1) is 25.8 Å². The third-order valence-corrected chi connectivity index (χ3v) is 1.87. The van der Waals surface area contributed by atoms with E-state index in [0.29, 0.717) is 6.07 Å². The van der Waals surface area contributed by atoms with Crippen LogP contribution in [0.5, 0.6) is 5.75 Å². The number of ether oxygens (including phenoxy) is 1. The number of benzene rings is 1. The van der Waals surface area contributed by atoms with Gasteiger partial charge in [0.1, 0.15) is 5.75 Å². The molecule has 0 unspecified atom stereocenters. The molecule has 0 aliphatic rings. The van der Waals surface area contributed by atoms with Gasteiger partial charge in [-0.05, 0) is 18.2 Å². The highest BCUT2D eigenvalue weighted by atomic mass is 32.1. The fraction of sp³-hybridized carbons (Fsp3) is 0.250. The van der Waals surface area contributed by atoms with Gasteiger partial charge < -0.3 is 4.74 Å². The van der Waals surface area contributed by atoms with Gasteiger partial charge in [-0.25, -0.2) is 8.78 Å². The van der Waals surface area contributed by atoms with Crippen molar-refractivity contribution < 1.29 is 26.7 Å². The summed E-state index contributed by atoms with van der Waals surface area (Å²) in [5.74, 6) is -0.685. The molecule has 0 aliphatic carbocycles. The largest absolute Gasteiger partial charge is 0.573 e. The van der Waals surface area contributed by atoms with Crippen LogP contribution in [-0.4, -0.2) is 6.36 Å². The Kier molecular flexibility index (Phi) is 3.43. The molecule has 0 spiro atoms. The smallest absolute Gasteiger partial charge is 0.406 e. The minimum absolute atomic E-state index is 0.0838. The lowest BCUT2D eigenvalue weighted by molar-refractivity contribution is -0.274. The van der Waals surface area contributed by atoms with Crippen molar-refractivity contribution in [3.05, 3.63) is 23.8 Å². The summed E-state index contributed by atoms with van der Waals surface area (Å²) in [4.78, 5) is -0.0838. The molecule has 0 saturated heterocycles. The number of rotatable bonds is 2. The molecule has 1 aromatic rings. The summed E-state index contributed by atoms with van der Waals surface area (Å²) in [5.41, 5.74) is -0.597. The van der Waals surface area contributed by atoms with Gasteiger partial charge in [0.05, 0.1) is 0 Å². The van der Waals surface area contributed by atoms with Gasteiger partial charge in [0, 0.05) is 10.5 Å². The number of hydrogen-bond acceptors (Lipinski definition) is 2. The molecule has 7 heteroatoms. The lowest BCUT2D eigenvalue weighted by atomic mass is 10.2. The van der Waals surface area contributed by atoms with Crippen LogP contribution < -0.4 is 4.74 Å². The van der Waals surface area contributed by atoms with Gasteiger partial charge in [-0.3, -0.25) is 0 Å². The molecule has 0 atom stereocenters. The normalized spacial score (nSPS) is 11.9. The second kappa shape index (κ2) is 4.26. The summed E-state index contributed by atoms with van der Waals surface area (Å²) in [7, 11) is 0. The molecule has 15 heavy (non-hydrogen) atoms. The summed E-state index contributed by atoms with van der Waals surface area (Å²) in [6.07, 6.45) is -7.79. The van der Waals surface area contributed by atoms with Crippen LogP contribution in [0.3, 0.4) is 0 Å². The Morgan fingerprint density at radius 3 is 2.27 bits per heavy atom. The maximum atomic E-state index is 12.3. The molecule has 0 heterocycles. The van der Waals surface area contributed by atoms with E-state index >= 15 is 0 Å². The maximum absolute atomic E-state index is 12.3. The fourth-order valence-corrected chi connectivity index (χ4v) is 1.14. The molecule has 84 valence electrons. The predicted molar refractivity (Wildman–Crippen MR) is 45.3 cm³/mol. The molecule has 0 bridgehead atoms. The molecule has 0 aromatic heterocycles. The molecule has 1 rings (SSSR count). The standard InChI is InChI=1S/C8H5F5OS/c9-7(10)5-3-4(1-2-6(5)15)14-8(11,12)13/h1-3,7,15H. The maximum Gasteiger partial charge on any atom is 0.573 e. The number of thiol groups is 1. The van der Waals surface area contributed by atoms with Crippen LogP contribution in [0.25, 0.3) is 0 Å². The van der Waals surface area contributed by atoms with Crippen molar-refractivity contribution in [2.24, 2.45) is 0 Å². The van der Waals surface area contributed by atoms with Crippen molar-refractivity contribution >= 4 is 12.6 Å². The average Bonchev–Trinajstić information content (AvgIpc) is 2.05. The summed E-state index contributed by atoms with van der Waals surface area (Å²) < 4.78 is 63.2. The van der Waals surface area contributed by atoms with Crippen LogP contribution in [0.1, 0.15) is 12.0 Å². The van der Waals surface area contributed by atoms with Gasteiger partial charge in [0.25, 0.3) is 6.43 Å². The van der Waals surface area contributed by atoms with E-state index in [-0.39, 0.29) is 4.90 Å². The average molecular weight is 244 g/mol. The van der Waals surface area contributed by atoms with Crippen LogP contribution in [0.2, 0.25) is 0 Å². The zero-order valence-corrected chi connectivity index (χ0v) is 7.95. The van der Waals surface area contributed by atoms with Gasteiger partial charge >= 0.3 is 6.36 Å². The SMILES string of the molecule is FC(F)c1cc(OC(F)(F)F)ccc1S. The minimum atomic E-state index is -4.89. The fourth-order valence-electron chi connectivity index (χ4n) is 0.905. The van der Waals surface area contributed by atoms with Crippen molar-refractivity contribution in [1.82, 2.24) is 0 Å². The molecule has 0 fully saturated rings. The van der Waals surface area contributed by atoms with Gasteiger partial charge in [0.2, 0.25) is 0 Å². The third-order valence-electron chi connectivity index (χ3n) is 1.47. The third kappa shape index (κ3) is 3.58. The van der Waals surface area contributed by atoms with E-state index in [2.05, 4.69) is 17.4 Å². The Morgan fingerprint density at radius 2 is 1.80 bits per heavy atom. The first-order chi connectivity index (χ1) is 6.79. The highest BCUT2D eigenvalue weighted by Gasteiger charge is 2.31. The van der Waals surface area contributed by atoms with Crippen LogP contribution in [0.15, 0.2) is 23.1 Å². The molecular formula is C8H5F5OS. The lowest BCUT2D eigenvalue weighted by Crippen LogP contribution is -2.17. The van der Waals surface area contributed by atoms with Gasteiger partial charge in [-0.1, -0.05) is 0 Å². The van der Waals surface area contributed by atoms with E-state index in [1.54, 1.807) is 0 Å². The second-order valence-electron chi connectivity index (χ2n) is 2.57. The van der Waals surface area contributed by atoms with Crippen LogP contribution in [0.4, 0.5) is 22.0 Å². The Hall–Kier alpha value is -0.980.